The van der Waals surface area contributed by atoms with Crippen LogP contribution in [0.2, 0.25) is 0 Å². The standard InChI is InChI=1S/C20H30N2O2.C6H3N3O7/c1-3-12-21(13-4-2)16-19(24)22-14-10-20(17-23,11-15-22)18-8-6-5-7-9-18;10-6-4(8(13)14)1-3(7(11)12)2-5(6)9(15)16/h5-9,17H,3-4,10-16H2,1-2H3;1-2,10H. The van der Waals surface area contributed by atoms with Crippen LogP contribution in [0.3, 0.4) is 0 Å². The van der Waals surface area contributed by atoms with E-state index in [9.17, 15) is 39.9 Å². The van der Waals surface area contributed by atoms with E-state index in [-0.39, 0.29) is 5.91 Å². The van der Waals surface area contributed by atoms with Gasteiger partial charge in [-0.1, -0.05) is 44.2 Å². The van der Waals surface area contributed by atoms with Crippen molar-refractivity contribution in [1.29, 1.82) is 0 Å². The number of nitro benzene ring substituents is 3. The first-order chi connectivity index (χ1) is 19.0. The molecule has 0 bridgehead atoms. The fraction of sp³-hybridized carbons (Fsp3) is 0.462. The van der Waals surface area contributed by atoms with Crippen LogP contribution in [0.15, 0.2) is 42.5 Å². The number of nitrogens with zero attached hydrogens (tertiary/aromatic N) is 5. The largest absolute Gasteiger partial charge is 0.497 e. The zero-order valence-corrected chi connectivity index (χ0v) is 22.4. The van der Waals surface area contributed by atoms with Gasteiger partial charge in [-0.15, -0.1) is 0 Å². The Labute approximate surface area is 230 Å². The highest BCUT2D eigenvalue weighted by Crippen LogP contribution is 2.39. The first-order valence-corrected chi connectivity index (χ1v) is 12.8. The van der Waals surface area contributed by atoms with E-state index in [0.29, 0.717) is 44.6 Å². The third-order valence-electron chi connectivity index (χ3n) is 6.68. The lowest BCUT2D eigenvalue weighted by atomic mass is 9.74. The Morgan fingerprint density at radius 2 is 1.45 bits per heavy atom. The van der Waals surface area contributed by atoms with E-state index in [1.54, 1.807) is 0 Å². The number of phenols is 1. The van der Waals surface area contributed by atoms with E-state index in [1.807, 2.05) is 35.2 Å². The summed E-state index contributed by atoms with van der Waals surface area (Å²) in [5.74, 6) is -1.01. The van der Waals surface area contributed by atoms with Crippen molar-refractivity contribution in [3.05, 3.63) is 78.4 Å². The molecule has 1 fully saturated rings. The molecule has 2 aromatic carbocycles. The van der Waals surface area contributed by atoms with E-state index in [4.69, 9.17) is 5.11 Å². The van der Waals surface area contributed by atoms with Crippen LogP contribution >= 0.6 is 0 Å². The molecule has 0 unspecified atom stereocenters. The molecule has 1 aliphatic heterocycles. The molecule has 1 heterocycles. The molecule has 0 spiro atoms. The molecule has 14 nitrogen and oxygen atoms in total. The monoisotopic (exact) mass is 559 g/mol. The molecule has 0 saturated carbocycles. The number of amides is 1. The van der Waals surface area contributed by atoms with Crippen LogP contribution in [0.1, 0.15) is 45.1 Å². The van der Waals surface area contributed by atoms with Crippen molar-refractivity contribution < 1.29 is 29.5 Å². The van der Waals surface area contributed by atoms with Gasteiger partial charge in [0.15, 0.2) is 0 Å². The summed E-state index contributed by atoms with van der Waals surface area (Å²) >= 11 is 0. The Kier molecular flexibility index (Phi) is 11.6. The van der Waals surface area contributed by atoms with Gasteiger partial charge in [0.1, 0.15) is 6.29 Å². The predicted molar refractivity (Wildman–Crippen MR) is 145 cm³/mol. The van der Waals surface area contributed by atoms with Crippen LogP contribution in [-0.2, 0) is 15.0 Å². The summed E-state index contributed by atoms with van der Waals surface area (Å²) in [6.07, 6.45) is 4.65. The van der Waals surface area contributed by atoms with Crippen LogP contribution in [0.4, 0.5) is 17.1 Å². The SMILES string of the molecule is CCCN(CCC)CC(=O)N1CCC(C=O)(c2ccccc2)CC1.O=[N+]([O-])c1cc([N+](=O)[O-])c(O)c([N+](=O)[O-])c1. The van der Waals surface area contributed by atoms with Crippen molar-refractivity contribution in [1.82, 2.24) is 9.80 Å². The topological polar surface area (TPSA) is 190 Å². The van der Waals surface area contributed by atoms with Gasteiger partial charge in [0.2, 0.25) is 5.91 Å². The van der Waals surface area contributed by atoms with Gasteiger partial charge in [0.25, 0.3) is 11.4 Å². The van der Waals surface area contributed by atoms with Crippen molar-refractivity contribution >= 4 is 29.3 Å². The number of non-ortho nitro benzene ring substituents is 1. The van der Waals surface area contributed by atoms with Gasteiger partial charge >= 0.3 is 11.4 Å². The van der Waals surface area contributed by atoms with Gasteiger partial charge in [-0.2, -0.15) is 0 Å². The lowest BCUT2D eigenvalue weighted by Crippen LogP contribution is -2.49. The Balaban J connectivity index is 0.000000305. The molecule has 1 N–H and O–H groups in total. The molecule has 1 saturated heterocycles. The Bertz CT molecular complexity index is 1170. The molecule has 14 heteroatoms. The van der Waals surface area contributed by atoms with E-state index >= 15 is 0 Å². The predicted octanol–water partition coefficient (Wildman–Crippen LogP) is 3.98. The summed E-state index contributed by atoms with van der Waals surface area (Å²) in [5, 5.41) is 40.2. The second kappa shape index (κ2) is 14.6. The highest BCUT2D eigenvalue weighted by Gasteiger charge is 2.37. The lowest BCUT2D eigenvalue weighted by Gasteiger charge is -2.39. The van der Waals surface area contributed by atoms with Crippen LogP contribution in [0.5, 0.6) is 5.75 Å². The number of likely N-dealkylation sites (tertiary alicyclic amines) is 1. The number of rotatable bonds is 11. The second-order valence-corrected chi connectivity index (χ2v) is 9.40. The number of benzene rings is 2. The van der Waals surface area contributed by atoms with Crippen molar-refractivity contribution in [3.63, 3.8) is 0 Å². The fourth-order valence-corrected chi connectivity index (χ4v) is 4.57. The average Bonchev–Trinajstić information content (AvgIpc) is 2.93. The normalized spacial score (nSPS) is 14.1. The first kappa shape index (κ1) is 31.8. The van der Waals surface area contributed by atoms with Crippen LogP contribution in [0, 0.1) is 30.3 Å². The summed E-state index contributed by atoms with van der Waals surface area (Å²) in [6, 6.07) is 10.9. The zero-order chi connectivity index (χ0) is 29.9. The van der Waals surface area contributed by atoms with Crippen LogP contribution < -0.4 is 0 Å². The third kappa shape index (κ3) is 8.02. The zero-order valence-electron chi connectivity index (χ0n) is 22.4. The summed E-state index contributed by atoms with van der Waals surface area (Å²) < 4.78 is 0. The van der Waals surface area contributed by atoms with E-state index < -0.39 is 43.0 Å². The molecule has 0 aromatic heterocycles. The number of nitro groups is 3. The molecule has 40 heavy (non-hydrogen) atoms. The Morgan fingerprint density at radius 3 is 1.85 bits per heavy atom. The summed E-state index contributed by atoms with van der Waals surface area (Å²) in [4.78, 5) is 56.3. The summed E-state index contributed by atoms with van der Waals surface area (Å²) in [7, 11) is 0. The molecular formula is C26H33N5O9. The molecule has 3 rings (SSSR count). The minimum Gasteiger partial charge on any atom is -0.497 e. The van der Waals surface area contributed by atoms with Gasteiger partial charge in [0, 0.05) is 13.1 Å². The first-order valence-electron chi connectivity index (χ1n) is 12.8. The lowest BCUT2D eigenvalue weighted by molar-refractivity contribution is -0.404. The van der Waals surface area contributed by atoms with E-state index in [0.717, 1.165) is 37.8 Å². The summed E-state index contributed by atoms with van der Waals surface area (Å²) in [5.41, 5.74) is -2.35. The second-order valence-electron chi connectivity index (χ2n) is 9.40. The summed E-state index contributed by atoms with van der Waals surface area (Å²) in [6.45, 7) is 8.06. The van der Waals surface area contributed by atoms with Crippen molar-refractivity contribution in [2.75, 3.05) is 32.7 Å². The number of hydrogen-bond acceptors (Lipinski definition) is 10. The van der Waals surface area contributed by atoms with Crippen molar-refractivity contribution in [3.8, 4) is 5.75 Å². The third-order valence-corrected chi connectivity index (χ3v) is 6.68. The minimum atomic E-state index is -1.21. The molecule has 2 aromatic rings. The molecule has 0 atom stereocenters. The van der Waals surface area contributed by atoms with Crippen LogP contribution in [0.25, 0.3) is 0 Å². The number of carbonyl (C=O) groups is 2. The Morgan fingerprint density at radius 1 is 0.950 bits per heavy atom. The molecule has 1 amide bonds. The number of aldehydes is 1. The maximum Gasteiger partial charge on any atom is 0.324 e. The minimum absolute atomic E-state index is 0.199. The van der Waals surface area contributed by atoms with Gasteiger partial charge in [-0.3, -0.25) is 40.0 Å². The van der Waals surface area contributed by atoms with Crippen LogP contribution in [-0.4, -0.2) is 74.6 Å². The van der Waals surface area contributed by atoms with E-state index in [1.165, 1.54) is 0 Å². The molecule has 0 aliphatic carbocycles. The maximum absolute atomic E-state index is 12.6. The highest BCUT2D eigenvalue weighted by atomic mass is 16.6. The van der Waals surface area contributed by atoms with E-state index in [2.05, 4.69) is 18.7 Å². The number of hydrogen-bond donors (Lipinski definition) is 1. The number of phenolic OH excluding ortho intramolecular Hbond substituents is 1. The molecule has 0 radical (unpaired) electrons. The number of aromatic hydroxyl groups is 1. The Hall–Kier alpha value is -4.46. The molecular weight excluding hydrogens is 526 g/mol. The number of piperidine rings is 1. The highest BCUT2D eigenvalue weighted by molar-refractivity contribution is 5.79. The maximum atomic E-state index is 12.6. The smallest absolute Gasteiger partial charge is 0.324 e. The van der Waals surface area contributed by atoms with Gasteiger partial charge in [-0.25, -0.2) is 0 Å². The number of carbonyl (C=O) groups excluding carboxylic acids is 2. The fourth-order valence-electron chi connectivity index (χ4n) is 4.57. The molecule has 216 valence electrons. The van der Waals surface area contributed by atoms with Gasteiger partial charge in [0.05, 0.1) is 38.9 Å². The van der Waals surface area contributed by atoms with Gasteiger partial charge in [-0.05, 0) is 44.3 Å². The quantitative estimate of drug-likeness (QED) is 0.239. The van der Waals surface area contributed by atoms with Crippen molar-refractivity contribution in [2.45, 2.75) is 44.9 Å². The molecule has 1 aliphatic rings. The van der Waals surface area contributed by atoms with Gasteiger partial charge < -0.3 is 14.8 Å². The average molecular weight is 560 g/mol. The van der Waals surface area contributed by atoms with Crippen molar-refractivity contribution in [2.24, 2.45) is 0 Å².